The molecule has 0 saturated heterocycles. The molecule has 32 heavy (non-hydrogen) atoms. The van der Waals surface area contributed by atoms with Gasteiger partial charge in [0.25, 0.3) is 0 Å². The zero-order valence-corrected chi connectivity index (χ0v) is 17.8. The molecule has 1 heterocycles. The Labute approximate surface area is 186 Å². The molecule has 0 unspecified atom stereocenters. The van der Waals surface area contributed by atoms with E-state index in [0.717, 1.165) is 17.4 Å². The van der Waals surface area contributed by atoms with Crippen LogP contribution in [0, 0.1) is 0 Å². The third kappa shape index (κ3) is 5.86. The van der Waals surface area contributed by atoms with E-state index in [0.29, 0.717) is 34.2 Å². The summed E-state index contributed by atoms with van der Waals surface area (Å²) in [4.78, 5) is 22.9. The van der Waals surface area contributed by atoms with Crippen molar-refractivity contribution in [2.45, 2.75) is 13.8 Å². The fraction of sp³-hybridized carbons (Fsp3) is 0.0769. The van der Waals surface area contributed by atoms with Crippen molar-refractivity contribution in [2.24, 2.45) is 0 Å². The van der Waals surface area contributed by atoms with Gasteiger partial charge in [0.1, 0.15) is 35.5 Å². The van der Waals surface area contributed by atoms with Crippen LogP contribution in [0.5, 0.6) is 11.5 Å². The monoisotopic (exact) mass is 430 g/mol. The van der Waals surface area contributed by atoms with Crippen molar-refractivity contribution in [1.29, 1.82) is 0 Å². The van der Waals surface area contributed by atoms with Crippen molar-refractivity contribution >= 4 is 11.9 Å². The molecule has 0 N–H and O–H groups in total. The maximum atomic E-state index is 11.6. The van der Waals surface area contributed by atoms with Crippen LogP contribution in [0.3, 0.4) is 0 Å². The van der Waals surface area contributed by atoms with Crippen molar-refractivity contribution in [3.63, 3.8) is 0 Å². The SMILES string of the molecule is C=C(C)C(=O)OC=COc1ccc(-c2ccc(-c3ccc(OC(=O)C(=C)C)cc3)o2)cc1. The summed E-state index contributed by atoms with van der Waals surface area (Å²) in [7, 11) is 0. The molecule has 1 aromatic heterocycles. The summed E-state index contributed by atoms with van der Waals surface area (Å²) >= 11 is 0. The van der Waals surface area contributed by atoms with Crippen molar-refractivity contribution in [3.8, 4) is 34.1 Å². The van der Waals surface area contributed by atoms with Gasteiger partial charge in [-0.3, -0.25) is 0 Å². The molecular formula is C26H22O6. The van der Waals surface area contributed by atoms with E-state index in [1.54, 1.807) is 38.1 Å². The van der Waals surface area contributed by atoms with E-state index in [4.69, 9.17) is 18.6 Å². The van der Waals surface area contributed by atoms with E-state index in [1.807, 2.05) is 36.4 Å². The van der Waals surface area contributed by atoms with Crippen molar-refractivity contribution in [2.75, 3.05) is 0 Å². The standard InChI is InChI=1S/C26H22O6/c1-17(2)25(27)30-16-15-29-21-9-5-19(6-10-21)23-13-14-24(32-23)20-7-11-22(12-8-20)31-26(28)18(3)4/h5-16H,1,3H2,2,4H3. The lowest BCUT2D eigenvalue weighted by Crippen LogP contribution is -2.07. The highest BCUT2D eigenvalue weighted by molar-refractivity contribution is 5.89. The summed E-state index contributed by atoms with van der Waals surface area (Å²) in [5.74, 6) is 1.40. The summed E-state index contributed by atoms with van der Waals surface area (Å²) in [5, 5.41) is 0. The van der Waals surface area contributed by atoms with Crippen LogP contribution >= 0.6 is 0 Å². The maximum Gasteiger partial charge on any atom is 0.338 e. The van der Waals surface area contributed by atoms with Gasteiger partial charge in [0.05, 0.1) is 0 Å². The number of hydrogen-bond acceptors (Lipinski definition) is 6. The molecule has 0 atom stereocenters. The molecule has 2 aromatic carbocycles. The van der Waals surface area contributed by atoms with Crippen molar-refractivity contribution in [3.05, 3.63) is 97.5 Å². The highest BCUT2D eigenvalue weighted by Crippen LogP contribution is 2.30. The van der Waals surface area contributed by atoms with Crippen LogP contribution in [0.25, 0.3) is 22.6 Å². The van der Waals surface area contributed by atoms with E-state index in [9.17, 15) is 9.59 Å². The first-order valence-electron chi connectivity index (χ1n) is 9.70. The first-order chi connectivity index (χ1) is 15.3. The van der Waals surface area contributed by atoms with Gasteiger partial charge >= 0.3 is 11.9 Å². The number of rotatable bonds is 8. The molecule has 0 amide bonds. The molecule has 0 radical (unpaired) electrons. The number of carbonyl (C=O) groups is 2. The number of carbonyl (C=O) groups excluding carboxylic acids is 2. The van der Waals surface area contributed by atoms with Crippen LogP contribution < -0.4 is 9.47 Å². The second-order valence-corrected chi connectivity index (χ2v) is 6.96. The molecule has 0 bridgehead atoms. The third-order valence-corrected chi connectivity index (χ3v) is 4.23. The third-order valence-electron chi connectivity index (χ3n) is 4.23. The Morgan fingerprint density at radius 3 is 1.72 bits per heavy atom. The van der Waals surface area contributed by atoms with E-state index in [-0.39, 0.29) is 0 Å². The van der Waals surface area contributed by atoms with Gasteiger partial charge in [-0.2, -0.15) is 0 Å². The van der Waals surface area contributed by atoms with Gasteiger partial charge in [-0.15, -0.1) is 0 Å². The fourth-order valence-corrected chi connectivity index (χ4v) is 2.52. The topological polar surface area (TPSA) is 75.0 Å². The first-order valence-corrected chi connectivity index (χ1v) is 9.70. The van der Waals surface area contributed by atoms with Crippen LogP contribution in [-0.4, -0.2) is 11.9 Å². The van der Waals surface area contributed by atoms with Crippen LogP contribution in [-0.2, 0) is 14.3 Å². The minimum absolute atomic E-state index is 0.305. The van der Waals surface area contributed by atoms with Crippen molar-refractivity contribution < 1.29 is 28.2 Å². The zero-order chi connectivity index (χ0) is 23.1. The summed E-state index contributed by atoms with van der Waals surface area (Å²) in [6, 6.07) is 18.0. The molecule has 3 aromatic rings. The number of ether oxygens (including phenoxy) is 3. The lowest BCUT2D eigenvalue weighted by atomic mass is 10.1. The molecule has 6 nitrogen and oxygen atoms in total. The smallest absolute Gasteiger partial charge is 0.338 e. The minimum Gasteiger partial charge on any atom is -0.462 e. The summed E-state index contributed by atoms with van der Waals surface area (Å²) in [6.07, 6.45) is 2.44. The van der Waals surface area contributed by atoms with E-state index < -0.39 is 11.9 Å². The van der Waals surface area contributed by atoms with Gasteiger partial charge in [0.15, 0.2) is 0 Å². The Hall–Kier alpha value is -4.32. The largest absolute Gasteiger partial charge is 0.462 e. The van der Waals surface area contributed by atoms with Gasteiger partial charge in [-0.05, 0) is 74.5 Å². The molecular weight excluding hydrogens is 408 g/mol. The molecule has 0 aliphatic rings. The maximum absolute atomic E-state index is 11.6. The molecule has 0 aliphatic carbocycles. The number of esters is 2. The summed E-state index contributed by atoms with van der Waals surface area (Å²) in [6.45, 7) is 10.2. The molecule has 162 valence electrons. The van der Waals surface area contributed by atoms with E-state index >= 15 is 0 Å². The predicted molar refractivity (Wildman–Crippen MR) is 121 cm³/mol. The van der Waals surface area contributed by atoms with E-state index in [1.165, 1.54) is 6.26 Å². The van der Waals surface area contributed by atoms with Gasteiger partial charge in [0.2, 0.25) is 0 Å². The first kappa shape index (κ1) is 22.4. The second-order valence-electron chi connectivity index (χ2n) is 6.96. The Balaban J connectivity index is 1.62. The zero-order valence-electron chi connectivity index (χ0n) is 17.8. The summed E-state index contributed by atoms with van der Waals surface area (Å²) < 4.78 is 21.4. The van der Waals surface area contributed by atoms with Gasteiger partial charge in [-0.25, -0.2) is 9.59 Å². The van der Waals surface area contributed by atoms with Crippen LogP contribution in [0.15, 0.2) is 102 Å². The van der Waals surface area contributed by atoms with Crippen LogP contribution in [0.2, 0.25) is 0 Å². The predicted octanol–water partition coefficient (Wildman–Crippen LogP) is 6.06. The minimum atomic E-state index is -0.517. The Morgan fingerprint density at radius 2 is 1.22 bits per heavy atom. The number of furan rings is 1. The molecule has 0 fully saturated rings. The molecule has 0 saturated carbocycles. The summed E-state index contributed by atoms with van der Waals surface area (Å²) in [5.41, 5.74) is 2.36. The van der Waals surface area contributed by atoms with Crippen LogP contribution in [0.4, 0.5) is 0 Å². The normalized spacial score (nSPS) is 10.6. The highest BCUT2D eigenvalue weighted by atomic mass is 16.5. The lowest BCUT2D eigenvalue weighted by molar-refractivity contribution is -0.133. The van der Waals surface area contributed by atoms with E-state index in [2.05, 4.69) is 13.2 Å². The molecule has 3 rings (SSSR count). The average Bonchev–Trinajstić information content (AvgIpc) is 3.27. The van der Waals surface area contributed by atoms with Gasteiger partial charge in [-0.1, -0.05) is 13.2 Å². The second kappa shape index (κ2) is 10.1. The fourth-order valence-electron chi connectivity index (χ4n) is 2.52. The average molecular weight is 430 g/mol. The van der Waals surface area contributed by atoms with Gasteiger partial charge < -0.3 is 18.6 Å². The quantitative estimate of drug-likeness (QED) is 0.187. The molecule has 6 heteroatoms. The highest BCUT2D eigenvalue weighted by Gasteiger charge is 2.09. The molecule has 0 spiro atoms. The lowest BCUT2D eigenvalue weighted by Gasteiger charge is -2.04. The Bertz CT molecular complexity index is 1160. The Kier molecular flexibility index (Phi) is 7.08. The number of benzene rings is 2. The number of hydrogen-bond donors (Lipinski definition) is 0. The molecule has 0 aliphatic heterocycles. The van der Waals surface area contributed by atoms with Crippen LogP contribution in [0.1, 0.15) is 13.8 Å². The van der Waals surface area contributed by atoms with Gasteiger partial charge in [0, 0.05) is 22.3 Å². The Morgan fingerprint density at radius 1 is 0.719 bits per heavy atom. The van der Waals surface area contributed by atoms with Crippen molar-refractivity contribution in [1.82, 2.24) is 0 Å².